The maximum absolute atomic E-state index is 12.9. The number of methoxy groups -OCH3 is 1. The first-order valence-electron chi connectivity index (χ1n) is 9.70. The fourth-order valence-corrected chi connectivity index (χ4v) is 3.31. The van der Waals surface area contributed by atoms with Crippen LogP contribution in [0.2, 0.25) is 0 Å². The molecular weight excluding hydrogens is 442 g/mol. The number of carbonyl (C=O) groups is 2. The van der Waals surface area contributed by atoms with Gasteiger partial charge in [0, 0.05) is 30.6 Å². The van der Waals surface area contributed by atoms with Gasteiger partial charge >= 0.3 is 11.9 Å². The topological polar surface area (TPSA) is 169 Å². The predicted octanol–water partition coefficient (Wildman–Crippen LogP) is 1.77. The Labute approximate surface area is 188 Å². The molecule has 1 aromatic rings. The van der Waals surface area contributed by atoms with Gasteiger partial charge in [0.25, 0.3) is 10.8 Å². The van der Waals surface area contributed by atoms with E-state index in [1.807, 2.05) is 0 Å². The second-order valence-electron chi connectivity index (χ2n) is 6.81. The number of non-ortho nitro benzene ring substituents is 1. The van der Waals surface area contributed by atoms with E-state index in [9.17, 15) is 29.8 Å². The lowest BCUT2D eigenvalue weighted by molar-refractivity contribution is -0.757. The minimum Gasteiger partial charge on any atom is -0.460 e. The lowest BCUT2D eigenvalue weighted by Gasteiger charge is -2.30. The Morgan fingerprint density at radius 3 is 2.06 bits per heavy atom. The van der Waals surface area contributed by atoms with Crippen LogP contribution in [0.4, 0.5) is 5.69 Å². The molecule has 1 aliphatic heterocycles. The van der Waals surface area contributed by atoms with Crippen molar-refractivity contribution in [1.29, 1.82) is 0 Å². The second kappa shape index (κ2) is 11.6. The molecule has 1 atom stereocenters. The Morgan fingerprint density at radius 1 is 0.970 bits per heavy atom. The van der Waals surface area contributed by atoms with Crippen LogP contribution in [0.15, 0.2) is 46.8 Å². The lowest BCUT2D eigenvalue weighted by Crippen LogP contribution is -2.33. The van der Waals surface area contributed by atoms with E-state index in [0.717, 1.165) is 0 Å². The van der Waals surface area contributed by atoms with E-state index in [2.05, 4.69) is 10.2 Å². The number of carbonyl (C=O) groups excluding carboxylic acids is 2. The zero-order valence-electron chi connectivity index (χ0n) is 18.2. The molecule has 1 unspecified atom stereocenters. The SMILES string of the molecule is COCCOC(=O)C1=C(C)NC(C)=C(C(=O)OCCO[N+](=O)[O-])C1c1cccc([N+](=O)[O-])c1. The number of nitro benzene ring substituents is 1. The molecule has 2 rings (SSSR count). The van der Waals surface area contributed by atoms with Crippen molar-refractivity contribution >= 4 is 17.6 Å². The van der Waals surface area contributed by atoms with Crippen LogP contribution in [0, 0.1) is 20.2 Å². The molecule has 178 valence electrons. The number of rotatable bonds is 11. The van der Waals surface area contributed by atoms with Gasteiger partial charge in [-0.15, -0.1) is 10.1 Å². The van der Waals surface area contributed by atoms with Crippen molar-refractivity contribution in [3.8, 4) is 0 Å². The zero-order valence-corrected chi connectivity index (χ0v) is 18.2. The normalized spacial score (nSPS) is 15.5. The summed E-state index contributed by atoms with van der Waals surface area (Å²) in [7, 11) is 1.44. The molecule has 0 aromatic heterocycles. The molecule has 0 saturated carbocycles. The standard InChI is InChI=1S/C20H23N3O10/c1-12-16(19(24)31-8-7-30-3)18(14-5-4-6-15(11-14)22(26)27)17(13(2)21-12)20(25)32-9-10-33-23(28)29/h4-6,11,18,21H,7-10H2,1-3H3. The number of allylic oxidation sites excluding steroid dienone is 2. The summed E-state index contributed by atoms with van der Waals surface area (Å²) in [5, 5.41) is 23.5. The number of nitrogens with zero attached hydrogens (tertiary/aromatic N) is 2. The summed E-state index contributed by atoms with van der Waals surface area (Å²) in [6.07, 6.45) is 0. The van der Waals surface area contributed by atoms with Gasteiger partial charge in [-0.3, -0.25) is 10.1 Å². The van der Waals surface area contributed by atoms with Gasteiger partial charge in [-0.1, -0.05) is 12.1 Å². The number of nitro groups is 1. The van der Waals surface area contributed by atoms with Gasteiger partial charge in [-0.25, -0.2) is 9.59 Å². The average Bonchev–Trinajstić information content (AvgIpc) is 2.76. The molecule has 0 saturated heterocycles. The molecule has 0 spiro atoms. The molecule has 0 fully saturated rings. The molecule has 0 aliphatic carbocycles. The summed E-state index contributed by atoms with van der Waals surface area (Å²) in [5.74, 6) is -2.67. The van der Waals surface area contributed by atoms with Crippen molar-refractivity contribution in [2.45, 2.75) is 19.8 Å². The molecule has 1 N–H and O–H groups in total. The van der Waals surface area contributed by atoms with Crippen LogP contribution in [0.3, 0.4) is 0 Å². The molecule has 1 aromatic carbocycles. The third-order valence-corrected chi connectivity index (χ3v) is 4.65. The summed E-state index contributed by atoms with van der Waals surface area (Å²) in [6.45, 7) is 2.37. The summed E-state index contributed by atoms with van der Waals surface area (Å²) in [5.41, 5.74) is 0.848. The number of esters is 2. The van der Waals surface area contributed by atoms with E-state index < -0.39 is 41.1 Å². The molecule has 1 heterocycles. The van der Waals surface area contributed by atoms with Crippen LogP contribution in [0.1, 0.15) is 25.3 Å². The van der Waals surface area contributed by atoms with E-state index in [-0.39, 0.29) is 35.6 Å². The van der Waals surface area contributed by atoms with Crippen LogP contribution >= 0.6 is 0 Å². The van der Waals surface area contributed by atoms with Crippen LogP contribution < -0.4 is 5.32 Å². The molecule has 0 amide bonds. The second-order valence-corrected chi connectivity index (χ2v) is 6.81. The Hall–Kier alpha value is -4.00. The van der Waals surface area contributed by atoms with Crippen molar-refractivity contribution < 1.29 is 38.6 Å². The highest BCUT2D eigenvalue weighted by molar-refractivity contribution is 6.00. The Kier molecular flexibility index (Phi) is 8.86. The number of dihydropyridines is 1. The molecule has 13 nitrogen and oxygen atoms in total. The van der Waals surface area contributed by atoms with E-state index in [0.29, 0.717) is 11.4 Å². The highest BCUT2D eigenvalue weighted by Crippen LogP contribution is 2.40. The number of benzene rings is 1. The number of hydrogen-bond acceptors (Lipinski definition) is 11. The van der Waals surface area contributed by atoms with Crippen molar-refractivity contribution in [3.05, 3.63) is 72.6 Å². The summed E-state index contributed by atoms with van der Waals surface area (Å²) in [4.78, 5) is 51.0. The summed E-state index contributed by atoms with van der Waals surface area (Å²) in [6, 6.07) is 5.50. The molecule has 0 bridgehead atoms. The Bertz CT molecular complexity index is 1000. The van der Waals surface area contributed by atoms with Crippen LogP contribution in [-0.4, -0.2) is 55.5 Å². The summed E-state index contributed by atoms with van der Waals surface area (Å²) < 4.78 is 15.2. The molecule has 13 heteroatoms. The van der Waals surface area contributed by atoms with Crippen LogP contribution in [-0.2, 0) is 28.6 Å². The monoisotopic (exact) mass is 465 g/mol. The third kappa shape index (κ3) is 6.49. The minimum absolute atomic E-state index is 0.000826. The molecule has 0 radical (unpaired) electrons. The Balaban J connectivity index is 2.47. The van der Waals surface area contributed by atoms with Gasteiger partial charge in [0.2, 0.25) is 0 Å². The van der Waals surface area contributed by atoms with E-state index in [4.69, 9.17) is 14.2 Å². The maximum Gasteiger partial charge on any atom is 0.336 e. The average molecular weight is 465 g/mol. The first-order chi connectivity index (χ1) is 15.7. The van der Waals surface area contributed by atoms with Crippen molar-refractivity contribution in [1.82, 2.24) is 5.32 Å². The van der Waals surface area contributed by atoms with Gasteiger partial charge < -0.3 is 24.4 Å². The van der Waals surface area contributed by atoms with E-state index in [1.54, 1.807) is 13.8 Å². The highest BCUT2D eigenvalue weighted by Gasteiger charge is 2.38. The quantitative estimate of drug-likeness (QED) is 0.219. The fraction of sp³-hybridized carbons (Fsp3) is 0.400. The van der Waals surface area contributed by atoms with Crippen molar-refractivity contribution in [2.75, 3.05) is 33.5 Å². The van der Waals surface area contributed by atoms with Gasteiger partial charge in [0.1, 0.15) is 19.8 Å². The first-order valence-corrected chi connectivity index (χ1v) is 9.70. The predicted molar refractivity (Wildman–Crippen MR) is 111 cm³/mol. The van der Waals surface area contributed by atoms with Gasteiger partial charge in [0.15, 0.2) is 0 Å². The highest BCUT2D eigenvalue weighted by atomic mass is 17.0. The third-order valence-electron chi connectivity index (χ3n) is 4.65. The molecule has 1 aliphatic rings. The van der Waals surface area contributed by atoms with Gasteiger partial charge in [-0.2, -0.15) is 0 Å². The van der Waals surface area contributed by atoms with Crippen LogP contribution in [0.25, 0.3) is 0 Å². The van der Waals surface area contributed by atoms with Crippen molar-refractivity contribution in [3.63, 3.8) is 0 Å². The largest absolute Gasteiger partial charge is 0.460 e. The number of hydrogen-bond donors (Lipinski definition) is 1. The van der Waals surface area contributed by atoms with E-state index in [1.165, 1.54) is 31.4 Å². The lowest BCUT2D eigenvalue weighted by atomic mass is 9.80. The Morgan fingerprint density at radius 2 is 1.55 bits per heavy atom. The van der Waals surface area contributed by atoms with Gasteiger partial charge in [-0.05, 0) is 19.4 Å². The van der Waals surface area contributed by atoms with E-state index >= 15 is 0 Å². The number of nitrogens with one attached hydrogen (secondary N) is 1. The summed E-state index contributed by atoms with van der Waals surface area (Å²) >= 11 is 0. The van der Waals surface area contributed by atoms with Crippen LogP contribution in [0.5, 0.6) is 0 Å². The molecular formula is C20H23N3O10. The minimum atomic E-state index is -1.05. The fourth-order valence-electron chi connectivity index (χ4n) is 3.31. The van der Waals surface area contributed by atoms with Gasteiger partial charge in [0.05, 0.1) is 28.6 Å². The maximum atomic E-state index is 12.9. The zero-order chi connectivity index (χ0) is 24.5. The number of ether oxygens (including phenoxy) is 3. The smallest absolute Gasteiger partial charge is 0.336 e. The molecule has 33 heavy (non-hydrogen) atoms. The van der Waals surface area contributed by atoms with Crippen molar-refractivity contribution in [2.24, 2.45) is 0 Å². The first kappa shape index (κ1) is 25.3.